The van der Waals surface area contributed by atoms with Gasteiger partial charge in [0.25, 0.3) is 5.91 Å². The largest absolute Gasteiger partial charge is 0.326 e. The quantitative estimate of drug-likeness (QED) is 0.761. The maximum atomic E-state index is 13.3. The molecule has 2 atom stereocenters. The van der Waals surface area contributed by atoms with Crippen molar-refractivity contribution in [2.45, 2.75) is 31.8 Å². The van der Waals surface area contributed by atoms with E-state index >= 15 is 0 Å². The number of urea groups is 1. The van der Waals surface area contributed by atoms with Crippen LogP contribution in [0.25, 0.3) is 0 Å². The van der Waals surface area contributed by atoms with Gasteiger partial charge in [-0.3, -0.25) is 9.59 Å². The van der Waals surface area contributed by atoms with Crippen molar-refractivity contribution in [1.82, 2.24) is 10.2 Å². The predicted molar refractivity (Wildman–Crippen MR) is 103 cm³/mol. The summed E-state index contributed by atoms with van der Waals surface area (Å²) in [5.41, 5.74) is -0.382. The van der Waals surface area contributed by atoms with Crippen molar-refractivity contribution in [2.24, 2.45) is 0 Å². The highest BCUT2D eigenvalue weighted by atomic mass is 19.1. The molecule has 2 N–H and O–H groups in total. The maximum absolute atomic E-state index is 13.3. The Morgan fingerprint density at radius 2 is 1.90 bits per heavy atom. The van der Waals surface area contributed by atoms with Crippen molar-refractivity contribution in [2.75, 3.05) is 5.32 Å². The van der Waals surface area contributed by atoms with Gasteiger partial charge in [-0.15, -0.1) is 0 Å². The average Bonchev–Trinajstić information content (AvgIpc) is 2.98. The summed E-state index contributed by atoms with van der Waals surface area (Å²) in [6, 6.07) is 11.9. The zero-order chi connectivity index (χ0) is 21.2. The lowest BCUT2D eigenvalue weighted by molar-refractivity contribution is -0.136. The molecule has 148 valence electrons. The number of para-hydroxylation sites is 1. The number of nitrogens with one attached hydrogen (secondary N) is 2. The van der Waals surface area contributed by atoms with Crippen LogP contribution in [0, 0.1) is 17.1 Å². The number of amides is 4. The van der Waals surface area contributed by atoms with E-state index in [1.807, 2.05) is 6.07 Å². The molecular formula is C21H19FN4O3. The highest BCUT2D eigenvalue weighted by Crippen LogP contribution is 2.33. The second kappa shape index (κ2) is 7.72. The Bertz CT molecular complexity index is 1020. The number of halogens is 1. The van der Waals surface area contributed by atoms with E-state index in [1.165, 1.54) is 31.2 Å². The van der Waals surface area contributed by atoms with Crippen LogP contribution >= 0.6 is 0 Å². The lowest BCUT2D eigenvalue weighted by Crippen LogP contribution is -2.48. The van der Waals surface area contributed by atoms with Crippen molar-refractivity contribution >= 4 is 23.5 Å². The molecule has 8 heteroatoms. The van der Waals surface area contributed by atoms with Gasteiger partial charge in [-0.05, 0) is 43.2 Å². The van der Waals surface area contributed by atoms with E-state index in [-0.39, 0.29) is 12.0 Å². The number of anilines is 1. The van der Waals surface area contributed by atoms with Crippen LogP contribution in [0.3, 0.4) is 0 Å². The second-order valence-corrected chi connectivity index (χ2v) is 6.69. The first-order chi connectivity index (χ1) is 13.8. The molecule has 1 heterocycles. The van der Waals surface area contributed by atoms with E-state index in [0.29, 0.717) is 11.3 Å². The SMILES string of the molecule is CC[C@@]1(c2ccc(F)cc2)NC(=O)N([C@@H](C)C(=O)Nc2ccccc2C#N)C1=O. The molecule has 0 aromatic heterocycles. The van der Waals surface area contributed by atoms with Gasteiger partial charge in [0.05, 0.1) is 11.3 Å². The first-order valence-corrected chi connectivity index (χ1v) is 9.06. The summed E-state index contributed by atoms with van der Waals surface area (Å²) in [7, 11) is 0. The summed E-state index contributed by atoms with van der Waals surface area (Å²) in [5.74, 6) is -1.66. The second-order valence-electron chi connectivity index (χ2n) is 6.69. The van der Waals surface area contributed by atoms with Crippen molar-refractivity contribution in [3.8, 4) is 6.07 Å². The molecule has 0 unspecified atom stereocenters. The minimum Gasteiger partial charge on any atom is -0.323 e. The van der Waals surface area contributed by atoms with Crippen LogP contribution in [0.15, 0.2) is 48.5 Å². The van der Waals surface area contributed by atoms with Gasteiger partial charge in [0.2, 0.25) is 5.91 Å². The maximum Gasteiger partial charge on any atom is 0.326 e. The van der Waals surface area contributed by atoms with E-state index in [4.69, 9.17) is 5.26 Å². The van der Waals surface area contributed by atoms with Gasteiger partial charge in [0.15, 0.2) is 0 Å². The van der Waals surface area contributed by atoms with Crippen LogP contribution in [0.4, 0.5) is 14.9 Å². The van der Waals surface area contributed by atoms with Crippen LogP contribution in [0.2, 0.25) is 0 Å². The molecule has 29 heavy (non-hydrogen) atoms. The molecule has 1 saturated heterocycles. The third-order valence-electron chi connectivity index (χ3n) is 5.06. The Labute approximate surface area is 167 Å². The van der Waals surface area contributed by atoms with E-state index < -0.39 is 35.2 Å². The number of imide groups is 1. The molecule has 0 bridgehead atoms. The number of hydrogen-bond donors (Lipinski definition) is 2. The number of benzene rings is 2. The van der Waals surface area contributed by atoms with Crippen molar-refractivity contribution in [3.63, 3.8) is 0 Å². The first kappa shape index (κ1) is 20.0. The van der Waals surface area contributed by atoms with Gasteiger partial charge in [-0.2, -0.15) is 5.26 Å². The van der Waals surface area contributed by atoms with Gasteiger partial charge in [-0.1, -0.05) is 31.2 Å². The molecule has 0 saturated carbocycles. The van der Waals surface area contributed by atoms with Crippen LogP contribution < -0.4 is 10.6 Å². The smallest absolute Gasteiger partial charge is 0.323 e. The lowest BCUT2D eigenvalue weighted by Gasteiger charge is -2.27. The molecule has 0 spiro atoms. The van der Waals surface area contributed by atoms with Crippen molar-refractivity contribution < 1.29 is 18.8 Å². The Hall–Kier alpha value is -3.73. The third kappa shape index (κ3) is 3.43. The highest BCUT2D eigenvalue weighted by molar-refractivity contribution is 6.11. The molecule has 2 aromatic rings. The monoisotopic (exact) mass is 394 g/mol. The average molecular weight is 394 g/mol. The number of carbonyl (C=O) groups excluding carboxylic acids is 3. The van der Waals surface area contributed by atoms with Crippen LogP contribution in [-0.4, -0.2) is 28.8 Å². The normalized spacial score (nSPS) is 19.4. The molecule has 2 aromatic carbocycles. The number of hydrogen-bond acceptors (Lipinski definition) is 4. The van der Waals surface area contributed by atoms with E-state index in [0.717, 1.165) is 4.90 Å². The van der Waals surface area contributed by atoms with Gasteiger partial charge in [0, 0.05) is 0 Å². The zero-order valence-corrected chi connectivity index (χ0v) is 15.9. The van der Waals surface area contributed by atoms with Gasteiger partial charge >= 0.3 is 6.03 Å². The molecule has 7 nitrogen and oxygen atoms in total. The minimum absolute atomic E-state index is 0.227. The number of rotatable bonds is 5. The van der Waals surface area contributed by atoms with Crippen LogP contribution in [0.5, 0.6) is 0 Å². The van der Waals surface area contributed by atoms with Crippen LogP contribution in [-0.2, 0) is 15.1 Å². The van der Waals surface area contributed by atoms with Crippen LogP contribution in [0.1, 0.15) is 31.4 Å². The Morgan fingerprint density at radius 1 is 1.24 bits per heavy atom. The van der Waals surface area contributed by atoms with Gasteiger partial charge < -0.3 is 10.6 Å². The number of nitriles is 1. The summed E-state index contributed by atoms with van der Waals surface area (Å²) in [6.45, 7) is 3.15. The fourth-order valence-electron chi connectivity index (χ4n) is 3.36. The summed E-state index contributed by atoms with van der Waals surface area (Å²) in [6.07, 6.45) is 0.227. The topological polar surface area (TPSA) is 102 Å². The summed E-state index contributed by atoms with van der Waals surface area (Å²) < 4.78 is 13.3. The fourth-order valence-corrected chi connectivity index (χ4v) is 3.36. The zero-order valence-electron chi connectivity index (χ0n) is 15.9. The number of carbonyl (C=O) groups is 3. The molecule has 1 fully saturated rings. The molecule has 0 aliphatic carbocycles. The summed E-state index contributed by atoms with van der Waals surface area (Å²) in [5, 5.41) is 14.4. The Balaban J connectivity index is 1.87. The third-order valence-corrected chi connectivity index (χ3v) is 5.06. The fraction of sp³-hybridized carbons (Fsp3) is 0.238. The van der Waals surface area contributed by atoms with Crippen molar-refractivity contribution in [1.29, 1.82) is 5.26 Å². The predicted octanol–water partition coefficient (Wildman–Crippen LogP) is 2.88. The van der Waals surface area contributed by atoms with Crippen molar-refractivity contribution in [3.05, 3.63) is 65.5 Å². The molecule has 1 aliphatic rings. The molecule has 3 rings (SSSR count). The minimum atomic E-state index is -1.37. The Kier molecular flexibility index (Phi) is 5.33. The van der Waals surface area contributed by atoms with E-state index in [1.54, 1.807) is 31.2 Å². The lowest BCUT2D eigenvalue weighted by atomic mass is 9.87. The van der Waals surface area contributed by atoms with Gasteiger partial charge in [0.1, 0.15) is 23.5 Å². The standard InChI is InChI=1S/C21H19FN4O3/c1-3-21(15-8-10-16(22)11-9-15)19(28)26(20(29)25-21)13(2)18(27)24-17-7-5-4-6-14(17)12-23/h4-11,13H,3H2,1-2H3,(H,24,27)(H,25,29)/t13-,21-/m0/s1. The summed E-state index contributed by atoms with van der Waals surface area (Å²) >= 11 is 0. The molecule has 4 amide bonds. The number of nitrogens with zero attached hydrogens (tertiary/aromatic N) is 2. The highest BCUT2D eigenvalue weighted by Gasteiger charge is 2.53. The van der Waals surface area contributed by atoms with E-state index in [9.17, 15) is 18.8 Å². The molecule has 0 radical (unpaired) electrons. The Morgan fingerprint density at radius 3 is 2.52 bits per heavy atom. The molecular weight excluding hydrogens is 375 g/mol. The summed E-state index contributed by atoms with van der Waals surface area (Å²) in [4.78, 5) is 39.4. The van der Waals surface area contributed by atoms with Gasteiger partial charge in [-0.25, -0.2) is 14.1 Å². The molecule has 1 aliphatic heterocycles. The van der Waals surface area contributed by atoms with E-state index in [2.05, 4.69) is 10.6 Å². The first-order valence-electron chi connectivity index (χ1n) is 9.06.